The van der Waals surface area contributed by atoms with Crippen molar-refractivity contribution in [2.75, 3.05) is 0 Å². The van der Waals surface area contributed by atoms with E-state index in [1.807, 2.05) is 19.9 Å². The summed E-state index contributed by atoms with van der Waals surface area (Å²) in [6, 6.07) is 0. The third-order valence-corrected chi connectivity index (χ3v) is 1.39. The van der Waals surface area contributed by atoms with E-state index >= 15 is 0 Å². The summed E-state index contributed by atoms with van der Waals surface area (Å²) in [6.45, 7) is 4.00. The van der Waals surface area contributed by atoms with Gasteiger partial charge in [-0.3, -0.25) is 9.97 Å². The first-order valence-corrected chi connectivity index (χ1v) is 3.93. The Hall–Kier alpha value is -1.18. The highest BCUT2D eigenvalue weighted by Crippen LogP contribution is 2.11. The number of aromatic nitrogens is 2. The second-order valence-corrected chi connectivity index (χ2v) is 1.99. The van der Waals surface area contributed by atoms with E-state index < -0.39 is 0 Å². The van der Waals surface area contributed by atoms with Crippen molar-refractivity contribution in [3.63, 3.8) is 0 Å². The molecule has 2 rings (SSSR count). The van der Waals surface area contributed by atoms with Gasteiger partial charge in [0.05, 0.1) is 11.4 Å². The highest BCUT2D eigenvalue weighted by molar-refractivity contribution is 5.52. The number of rotatable bonds is 0. The number of allylic oxidation sites excluding steroid dienone is 1. The maximum Gasteiger partial charge on any atom is 0.0845 e. The molecule has 1 aliphatic rings. The smallest absolute Gasteiger partial charge is 0.0845 e. The Morgan fingerprint density at radius 3 is 2.64 bits per heavy atom. The zero-order valence-corrected chi connectivity index (χ0v) is 6.91. The van der Waals surface area contributed by atoms with E-state index in [1.165, 1.54) is 0 Å². The lowest BCUT2D eigenvalue weighted by Gasteiger charge is -1.91. The third-order valence-electron chi connectivity index (χ3n) is 1.39. The molecule has 2 heteroatoms. The lowest BCUT2D eigenvalue weighted by Crippen LogP contribution is -1.88. The molecule has 0 saturated carbocycles. The minimum absolute atomic E-state index is 0.948. The Bertz CT molecular complexity index is 253. The first kappa shape index (κ1) is 7.92. The van der Waals surface area contributed by atoms with Crippen LogP contribution in [0, 0.1) is 0 Å². The van der Waals surface area contributed by atoms with Crippen LogP contribution in [0.25, 0.3) is 6.08 Å². The van der Waals surface area contributed by atoms with Crippen LogP contribution in [0.1, 0.15) is 25.2 Å². The first-order chi connectivity index (χ1) is 5.47. The van der Waals surface area contributed by atoms with Gasteiger partial charge in [-0.1, -0.05) is 19.9 Å². The van der Waals surface area contributed by atoms with Crippen molar-refractivity contribution in [1.82, 2.24) is 9.97 Å². The maximum absolute atomic E-state index is 4.13. The molecular formula is C9H12N2. The largest absolute Gasteiger partial charge is 0.257 e. The molecule has 11 heavy (non-hydrogen) atoms. The molecule has 0 N–H and O–H groups in total. The molecule has 0 bridgehead atoms. The summed E-state index contributed by atoms with van der Waals surface area (Å²) in [6.07, 6.45) is 8.47. The van der Waals surface area contributed by atoms with Crippen LogP contribution >= 0.6 is 0 Å². The van der Waals surface area contributed by atoms with Crippen LogP contribution in [0.5, 0.6) is 0 Å². The van der Waals surface area contributed by atoms with Crippen LogP contribution in [0.2, 0.25) is 0 Å². The Labute approximate surface area is 67.0 Å². The SMILES string of the molecule is C1=Cc2nccnc2C1.CC. The maximum atomic E-state index is 4.13. The molecule has 2 nitrogen and oxygen atoms in total. The van der Waals surface area contributed by atoms with E-state index in [0.29, 0.717) is 0 Å². The van der Waals surface area contributed by atoms with Crippen molar-refractivity contribution >= 4 is 6.08 Å². The molecule has 1 aromatic heterocycles. The molecule has 0 radical (unpaired) electrons. The van der Waals surface area contributed by atoms with Crippen molar-refractivity contribution in [2.24, 2.45) is 0 Å². The summed E-state index contributed by atoms with van der Waals surface area (Å²) in [5.41, 5.74) is 2.12. The molecule has 0 fully saturated rings. The summed E-state index contributed by atoms with van der Waals surface area (Å²) in [7, 11) is 0. The zero-order chi connectivity index (χ0) is 8.10. The quantitative estimate of drug-likeness (QED) is 0.563. The van der Waals surface area contributed by atoms with Gasteiger partial charge in [-0.25, -0.2) is 0 Å². The van der Waals surface area contributed by atoms with Gasteiger partial charge >= 0.3 is 0 Å². The fourth-order valence-electron chi connectivity index (χ4n) is 0.956. The number of fused-ring (bicyclic) bond motifs is 1. The average Bonchev–Trinajstić information content (AvgIpc) is 2.55. The fraction of sp³-hybridized carbons (Fsp3) is 0.333. The topological polar surface area (TPSA) is 25.8 Å². The number of hydrogen-bond donors (Lipinski definition) is 0. The Morgan fingerprint density at radius 2 is 1.91 bits per heavy atom. The Morgan fingerprint density at radius 1 is 1.18 bits per heavy atom. The van der Waals surface area contributed by atoms with E-state index in [4.69, 9.17) is 0 Å². The van der Waals surface area contributed by atoms with Crippen molar-refractivity contribution in [3.05, 3.63) is 29.9 Å². The molecule has 0 aliphatic heterocycles. The third kappa shape index (κ3) is 1.64. The predicted octanol–water partition coefficient (Wildman–Crippen LogP) is 2.07. The van der Waals surface area contributed by atoms with Gasteiger partial charge in [0, 0.05) is 18.8 Å². The Kier molecular flexibility index (Phi) is 2.78. The molecule has 0 saturated heterocycles. The van der Waals surface area contributed by atoms with E-state index in [1.54, 1.807) is 12.4 Å². The molecular weight excluding hydrogens is 136 g/mol. The Balaban J connectivity index is 0.000000281. The summed E-state index contributed by atoms with van der Waals surface area (Å²) < 4.78 is 0. The summed E-state index contributed by atoms with van der Waals surface area (Å²) >= 11 is 0. The van der Waals surface area contributed by atoms with Crippen LogP contribution in [0.3, 0.4) is 0 Å². The lowest BCUT2D eigenvalue weighted by molar-refractivity contribution is 1.07. The van der Waals surface area contributed by atoms with Crippen LogP contribution in [-0.4, -0.2) is 9.97 Å². The van der Waals surface area contributed by atoms with Gasteiger partial charge in [0.2, 0.25) is 0 Å². The highest BCUT2D eigenvalue weighted by Gasteiger charge is 2.03. The van der Waals surface area contributed by atoms with Crippen LogP contribution in [0.15, 0.2) is 18.5 Å². The van der Waals surface area contributed by atoms with Crippen molar-refractivity contribution in [2.45, 2.75) is 20.3 Å². The zero-order valence-electron chi connectivity index (χ0n) is 6.91. The van der Waals surface area contributed by atoms with Crippen molar-refractivity contribution in [1.29, 1.82) is 0 Å². The molecule has 58 valence electrons. The summed E-state index contributed by atoms with van der Waals surface area (Å²) in [5, 5.41) is 0. The summed E-state index contributed by atoms with van der Waals surface area (Å²) in [4.78, 5) is 8.24. The minimum Gasteiger partial charge on any atom is -0.257 e. The van der Waals surface area contributed by atoms with Gasteiger partial charge in [-0.15, -0.1) is 0 Å². The van der Waals surface area contributed by atoms with Crippen LogP contribution < -0.4 is 0 Å². The van der Waals surface area contributed by atoms with Gasteiger partial charge in [0.1, 0.15) is 0 Å². The molecule has 0 spiro atoms. The average molecular weight is 148 g/mol. The van der Waals surface area contributed by atoms with E-state index in [-0.39, 0.29) is 0 Å². The van der Waals surface area contributed by atoms with Crippen LogP contribution in [0.4, 0.5) is 0 Å². The van der Waals surface area contributed by atoms with Gasteiger partial charge in [-0.2, -0.15) is 0 Å². The van der Waals surface area contributed by atoms with Gasteiger partial charge in [0.15, 0.2) is 0 Å². The molecule has 0 amide bonds. The first-order valence-electron chi connectivity index (χ1n) is 3.93. The minimum atomic E-state index is 0.948. The van der Waals surface area contributed by atoms with E-state index in [9.17, 15) is 0 Å². The second kappa shape index (κ2) is 3.86. The lowest BCUT2D eigenvalue weighted by atomic mass is 10.3. The number of nitrogens with zero attached hydrogens (tertiary/aromatic N) is 2. The molecule has 0 aromatic carbocycles. The predicted molar refractivity (Wildman–Crippen MR) is 46.1 cm³/mol. The molecule has 1 aromatic rings. The highest BCUT2D eigenvalue weighted by atomic mass is 14.8. The van der Waals surface area contributed by atoms with E-state index in [2.05, 4.69) is 16.0 Å². The van der Waals surface area contributed by atoms with Crippen LogP contribution in [-0.2, 0) is 6.42 Å². The van der Waals surface area contributed by atoms with E-state index in [0.717, 1.165) is 17.8 Å². The summed E-state index contributed by atoms with van der Waals surface area (Å²) in [5.74, 6) is 0. The van der Waals surface area contributed by atoms with Gasteiger partial charge < -0.3 is 0 Å². The number of hydrogen-bond acceptors (Lipinski definition) is 2. The van der Waals surface area contributed by atoms with Gasteiger partial charge in [0.25, 0.3) is 0 Å². The molecule has 0 atom stereocenters. The monoisotopic (exact) mass is 148 g/mol. The van der Waals surface area contributed by atoms with Crippen molar-refractivity contribution < 1.29 is 0 Å². The normalized spacial score (nSPS) is 11.8. The standard InChI is InChI=1S/C7H6N2.C2H6/c1-2-6-7(3-1)9-5-4-8-6;1-2/h1-2,4-5H,3H2;1-2H3. The molecule has 1 aliphatic carbocycles. The van der Waals surface area contributed by atoms with Gasteiger partial charge in [-0.05, 0) is 6.08 Å². The van der Waals surface area contributed by atoms with Crippen molar-refractivity contribution in [3.8, 4) is 0 Å². The molecule has 0 unspecified atom stereocenters. The fourth-order valence-corrected chi connectivity index (χ4v) is 0.956. The second-order valence-electron chi connectivity index (χ2n) is 1.99. The molecule has 1 heterocycles.